The van der Waals surface area contributed by atoms with Crippen molar-refractivity contribution in [1.29, 1.82) is 10.8 Å². The summed E-state index contributed by atoms with van der Waals surface area (Å²) in [5, 5.41) is 25.6. The van der Waals surface area contributed by atoms with Crippen LogP contribution in [0.1, 0.15) is 59.5 Å². The molecule has 57 heavy (non-hydrogen) atoms. The second kappa shape index (κ2) is 16.4. The number of carbonyl (C=O) groups is 3. The summed E-state index contributed by atoms with van der Waals surface area (Å²) in [6.07, 6.45) is 2.25. The molecular formula is C31H42Cl2N20O4. The Morgan fingerprint density at radius 3 is 1.18 bits per heavy atom. The number of nitrogens with one attached hydrogen (secondary N) is 2. The fraction of sp³-hybridized carbons (Fsp3) is 0.484. The van der Waals surface area contributed by atoms with Gasteiger partial charge >= 0.3 is 5.97 Å². The Labute approximate surface area is 334 Å². The molecule has 3 saturated heterocycles. The molecule has 0 spiro atoms. The molecule has 24 nitrogen and oxygen atoms in total. The van der Waals surface area contributed by atoms with Crippen LogP contribution in [0.2, 0.25) is 10.3 Å². The van der Waals surface area contributed by atoms with Crippen molar-refractivity contribution in [3.63, 3.8) is 0 Å². The number of guanidine groups is 2. The number of halogens is 2. The minimum Gasteiger partial charge on any atom is -0.481 e. The maximum atomic E-state index is 13.5. The highest BCUT2D eigenvalue weighted by Crippen LogP contribution is 2.30. The number of piperidine rings is 3. The van der Waals surface area contributed by atoms with Crippen molar-refractivity contribution in [2.45, 2.75) is 50.6 Å². The third-order valence-electron chi connectivity index (χ3n) is 10.1. The molecule has 15 N–H and O–H groups in total. The van der Waals surface area contributed by atoms with Gasteiger partial charge in [0.25, 0.3) is 11.8 Å². The van der Waals surface area contributed by atoms with Crippen LogP contribution >= 0.6 is 23.2 Å². The molecule has 0 unspecified atom stereocenters. The van der Waals surface area contributed by atoms with E-state index < -0.39 is 47.7 Å². The molecule has 0 radical (unpaired) electrons. The Morgan fingerprint density at radius 2 is 0.877 bits per heavy atom. The van der Waals surface area contributed by atoms with Crippen molar-refractivity contribution >= 4 is 94.0 Å². The normalized spacial score (nSPS) is 17.0. The van der Waals surface area contributed by atoms with Crippen LogP contribution in [-0.2, 0) is 4.79 Å². The fourth-order valence-electron chi connectivity index (χ4n) is 7.11. The first-order valence-electron chi connectivity index (χ1n) is 17.8. The predicted octanol–water partition coefficient (Wildman–Crippen LogP) is -0.602. The maximum absolute atomic E-state index is 13.5. The molecule has 3 aromatic heterocycles. The number of carboxylic acid groups (broad SMARTS) is 1. The number of hydrogen-bond donors (Lipinski definition) is 9. The lowest BCUT2D eigenvalue weighted by atomic mass is 9.97. The average Bonchev–Trinajstić information content (AvgIpc) is 3.17. The van der Waals surface area contributed by atoms with E-state index in [1.54, 1.807) is 0 Å². The Kier molecular flexibility index (Phi) is 11.6. The highest BCUT2D eigenvalue weighted by Gasteiger charge is 2.37. The van der Waals surface area contributed by atoms with E-state index in [2.05, 4.69) is 19.9 Å². The summed E-state index contributed by atoms with van der Waals surface area (Å²) in [6.45, 7) is 2.25. The zero-order chi connectivity index (χ0) is 41.3. The zero-order valence-electron chi connectivity index (χ0n) is 30.5. The summed E-state index contributed by atoms with van der Waals surface area (Å²) in [7, 11) is 0. The Hall–Kier alpha value is -6.30. The standard InChI is InChI=1S/C31H42Cl2N20O4/c32-18-22(36)44-20(34)16(42-18)24(54)52(27(38)39)14-3-9-50(10-4-14)30-46-29(49-7-1-13(2-8-49)26(56)57)47-31(48-30)51-11-5-15(6-12-51)53(28(40)41)25(55)17-21(35)45-23(37)19(33)43-17/h13-15H,1-12H2,(H3,38,39)(H3,40,41)(H,56,57)(H4,34,36,44)(H4,35,37,45). The van der Waals surface area contributed by atoms with E-state index in [0.29, 0.717) is 95.6 Å². The molecule has 3 aliphatic heterocycles. The van der Waals surface area contributed by atoms with E-state index in [9.17, 15) is 19.5 Å². The van der Waals surface area contributed by atoms with Gasteiger partial charge in [-0.05, 0) is 38.5 Å². The Balaban J connectivity index is 1.21. The smallest absolute Gasteiger partial charge is 0.306 e. The van der Waals surface area contributed by atoms with E-state index in [4.69, 9.17) is 83.4 Å². The van der Waals surface area contributed by atoms with Crippen molar-refractivity contribution in [1.82, 2.24) is 44.7 Å². The van der Waals surface area contributed by atoms with Crippen molar-refractivity contribution in [2.75, 3.05) is 76.9 Å². The quantitative estimate of drug-likeness (QED) is 0.101. The van der Waals surface area contributed by atoms with Gasteiger partial charge in [-0.3, -0.25) is 35.0 Å². The number of aromatic nitrogens is 7. The topological polar surface area (TPSA) is 382 Å². The average molecular weight is 830 g/mol. The van der Waals surface area contributed by atoms with Gasteiger partial charge in [0, 0.05) is 51.4 Å². The second-order valence-corrected chi connectivity index (χ2v) is 14.4. The van der Waals surface area contributed by atoms with Crippen molar-refractivity contribution in [3.05, 3.63) is 21.7 Å². The summed E-state index contributed by atoms with van der Waals surface area (Å²) in [5.74, 6) is -3.55. The van der Waals surface area contributed by atoms with Crippen LogP contribution in [0.25, 0.3) is 0 Å². The van der Waals surface area contributed by atoms with Gasteiger partial charge < -0.3 is 54.2 Å². The van der Waals surface area contributed by atoms with E-state index in [0.717, 1.165) is 9.80 Å². The number of nitrogens with zero attached hydrogens (tertiary/aromatic N) is 12. The minimum absolute atomic E-state index is 0.144. The SMILES string of the molecule is N=C(N)N(C(=O)c1nc(Cl)c(N)nc1N)C1CCN(c2nc(N3CCC(C(=O)O)CC3)nc(N3CCC(N(C(=N)N)C(=O)c4nc(Cl)c(N)nc4N)CC3)n2)CC1. The number of anilines is 7. The first kappa shape index (κ1) is 40.4. The lowest BCUT2D eigenvalue weighted by Crippen LogP contribution is -2.53. The molecule has 26 heteroatoms. The molecule has 0 saturated carbocycles. The third kappa shape index (κ3) is 8.45. The Morgan fingerprint density at radius 1 is 0.561 bits per heavy atom. The number of rotatable bonds is 8. The van der Waals surface area contributed by atoms with Gasteiger partial charge in [-0.2, -0.15) is 15.0 Å². The molecule has 0 bridgehead atoms. The maximum Gasteiger partial charge on any atom is 0.306 e. The lowest BCUT2D eigenvalue weighted by Gasteiger charge is -2.39. The molecule has 3 aromatic rings. The molecule has 2 amide bonds. The van der Waals surface area contributed by atoms with Gasteiger partial charge in [-0.1, -0.05) is 23.2 Å². The molecule has 304 valence electrons. The van der Waals surface area contributed by atoms with E-state index in [1.165, 1.54) is 0 Å². The van der Waals surface area contributed by atoms with Gasteiger partial charge in [0.2, 0.25) is 17.8 Å². The van der Waals surface area contributed by atoms with Gasteiger partial charge in [0.15, 0.2) is 56.9 Å². The number of nitrogen functional groups attached to an aromatic ring is 4. The molecule has 0 atom stereocenters. The number of hydrogen-bond acceptors (Lipinski definition) is 19. The summed E-state index contributed by atoms with van der Waals surface area (Å²) in [5.41, 5.74) is 34.4. The zero-order valence-corrected chi connectivity index (χ0v) is 32.0. The van der Waals surface area contributed by atoms with Crippen LogP contribution in [0.5, 0.6) is 0 Å². The first-order chi connectivity index (χ1) is 27.0. The number of aliphatic carboxylic acids is 1. The summed E-state index contributed by atoms with van der Waals surface area (Å²) >= 11 is 12.0. The number of carbonyl (C=O) groups excluding carboxylic acids is 2. The lowest BCUT2D eigenvalue weighted by molar-refractivity contribution is -0.142. The fourth-order valence-corrected chi connectivity index (χ4v) is 7.37. The molecule has 0 aliphatic carbocycles. The monoisotopic (exact) mass is 828 g/mol. The van der Waals surface area contributed by atoms with E-state index in [1.807, 2.05) is 14.7 Å². The van der Waals surface area contributed by atoms with Crippen LogP contribution in [0, 0.1) is 16.7 Å². The molecule has 0 aromatic carbocycles. The van der Waals surface area contributed by atoms with E-state index in [-0.39, 0.29) is 45.0 Å². The van der Waals surface area contributed by atoms with Crippen molar-refractivity contribution < 1.29 is 19.5 Å². The Bertz CT molecular complexity index is 1960. The van der Waals surface area contributed by atoms with Crippen LogP contribution in [-0.4, -0.2) is 131 Å². The first-order valence-corrected chi connectivity index (χ1v) is 18.5. The van der Waals surface area contributed by atoms with Gasteiger partial charge in [0.05, 0.1) is 5.92 Å². The third-order valence-corrected chi connectivity index (χ3v) is 10.7. The number of carboxylic acids is 1. The summed E-state index contributed by atoms with van der Waals surface area (Å²) < 4.78 is 0. The van der Waals surface area contributed by atoms with Crippen LogP contribution in [0.4, 0.5) is 41.1 Å². The largest absolute Gasteiger partial charge is 0.481 e. The second-order valence-electron chi connectivity index (χ2n) is 13.7. The molecular weight excluding hydrogens is 787 g/mol. The van der Waals surface area contributed by atoms with Crippen LogP contribution in [0.3, 0.4) is 0 Å². The van der Waals surface area contributed by atoms with Gasteiger partial charge in [-0.25, -0.2) is 19.9 Å². The van der Waals surface area contributed by atoms with Gasteiger partial charge in [-0.15, -0.1) is 0 Å². The predicted molar refractivity (Wildman–Crippen MR) is 211 cm³/mol. The highest BCUT2D eigenvalue weighted by atomic mass is 35.5. The molecule has 3 fully saturated rings. The van der Waals surface area contributed by atoms with E-state index >= 15 is 0 Å². The summed E-state index contributed by atoms with van der Waals surface area (Å²) in [6, 6.07) is -1.03. The molecule has 6 rings (SSSR count). The molecule has 6 heterocycles. The highest BCUT2D eigenvalue weighted by molar-refractivity contribution is 6.32. The number of amides is 2. The van der Waals surface area contributed by atoms with Crippen molar-refractivity contribution in [2.24, 2.45) is 17.4 Å². The minimum atomic E-state index is -0.850. The van der Waals surface area contributed by atoms with Crippen LogP contribution < -0.4 is 49.1 Å². The van der Waals surface area contributed by atoms with Crippen LogP contribution in [0.15, 0.2) is 0 Å². The summed E-state index contributed by atoms with van der Waals surface area (Å²) in [4.78, 5) is 76.9. The molecule has 3 aliphatic rings. The van der Waals surface area contributed by atoms with Crippen molar-refractivity contribution in [3.8, 4) is 0 Å². The van der Waals surface area contributed by atoms with Gasteiger partial charge in [0.1, 0.15) is 0 Å². The number of nitrogens with two attached hydrogens (primary N) is 6.